The standard InChI is InChI=1S/C21H34O3/c1-4-12-5-6-14-17-15(8-10-20(12,14)2)21(3)9-7-13(22)11-16(21)18(23)19(17)24/h4,12-19,22-24H,1,5-11H2,2-3H3/t12-,13?,14-,15-,16?,17-,18?,19?,20+,21+/m0/s1. The van der Waals surface area contributed by atoms with Crippen LogP contribution >= 0.6 is 0 Å². The summed E-state index contributed by atoms with van der Waals surface area (Å²) in [5, 5.41) is 32.1. The van der Waals surface area contributed by atoms with E-state index in [1.807, 2.05) is 0 Å². The summed E-state index contributed by atoms with van der Waals surface area (Å²) in [6, 6.07) is 0. The third kappa shape index (κ3) is 2.07. The molecule has 136 valence electrons. The Morgan fingerprint density at radius 3 is 2.21 bits per heavy atom. The minimum absolute atomic E-state index is 0.0402. The number of allylic oxidation sites excluding steroid dienone is 1. The Bertz CT molecular complexity index is 519. The zero-order chi connectivity index (χ0) is 17.3. The van der Waals surface area contributed by atoms with Gasteiger partial charge in [-0.1, -0.05) is 19.9 Å². The largest absolute Gasteiger partial charge is 0.393 e. The van der Waals surface area contributed by atoms with Gasteiger partial charge >= 0.3 is 0 Å². The van der Waals surface area contributed by atoms with Crippen LogP contribution in [0.3, 0.4) is 0 Å². The molecule has 4 aliphatic carbocycles. The number of rotatable bonds is 1. The van der Waals surface area contributed by atoms with E-state index in [-0.39, 0.29) is 28.8 Å². The average Bonchev–Trinajstić information content (AvgIpc) is 2.90. The fourth-order valence-electron chi connectivity index (χ4n) is 7.67. The Morgan fingerprint density at radius 1 is 0.833 bits per heavy atom. The van der Waals surface area contributed by atoms with Crippen molar-refractivity contribution in [3.05, 3.63) is 12.7 Å². The molecule has 4 saturated carbocycles. The van der Waals surface area contributed by atoms with Crippen molar-refractivity contribution < 1.29 is 15.3 Å². The van der Waals surface area contributed by atoms with E-state index in [2.05, 4.69) is 26.5 Å². The average molecular weight is 335 g/mol. The Hall–Kier alpha value is -0.380. The van der Waals surface area contributed by atoms with Gasteiger partial charge in [-0.3, -0.25) is 0 Å². The van der Waals surface area contributed by atoms with Crippen molar-refractivity contribution in [3.63, 3.8) is 0 Å². The van der Waals surface area contributed by atoms with Crippen LogP contribution in [0.1, 0.15) is 58.8 Å². The highest BCUT2D eigenvalue weighted by Crippen LogP contribution is 2.67. The SMILES string of the molecule is C=C[C@H]1CC[C@H]2[C@@H]3C(O)C(O)C4CC(O)CC[C@]4(C)[C@H]3CC[C@]12C. The van der Waals surface area contributed by atoms with E-state index in [1.54, 1.807) is 0 Å². The minimum Gasteiger partial charge on any atom is -0.393 e. The van der Waals surface area contributed by atoms with Crippen molar-refractivity contribution in [1.29, 1.82) is 0 Å². The summed E-state index contributed by atoms with van der Waals surface area (Å²) < 4.78 is 0. The van der Waals surface area contributed by atoms with Gasteiger partial charge in [-0.15, -0.1) is 6.58 Å². The summed E-state index contributed by atoms with van der Waals surface area (Å²) in [4.78, 5) is 0. The Balaban J connectivity index is 1.71. The van der Waals surface area contributed by atoms with Gasteiger partial charge in [-0.25, -0.2) is 0 Å². The molecule has 24 heavy (non-hydrogen) atoms. The second-order valence-electron chi connectivity index (χ2n) is 9.78. The van der Waals surface area contributed by atoms with E-state index < -0.39 is 12.2 Å². The highest BCUT2D eigenvalue weighted by atomic mass is 16.3. The third-order valence-corrected chi connectivity index (χ3v) is 9.08. The summed E-state index contributed by atoms with van der Waals surface area (Å²) in [6.07, 6.45) is 7.67. The van der Waals surface area contributed by atoms with E-state index in [9.17, 15) is 15.3 Å². The van der Waals surface area contributed by atoms with E-state index in [0.29, 0.717) is 24.2 Å². The molecule has 3 nitrogen and oxygen atoms in total. The first-order chi connectivity index (χ1) is 11.3. The van der Waals surface area contributed by atoms with Crippen molar-refractivity contribution in [2.24, 2.45) is 40.4 Å². The van der Waals surface area contributed by atoms with Crippen LogP contribution in [0.25, 0.3) is 0 Å². The molecular formula is C21H34O3. The lowest BCUT2D eigenvalue weighted by Gasteiger charge is -2.63. The van der Waals surface area contributed by atoms with Gasteiger partial charge in [0.1, 0.15) is 0 Å². The number of aliphatic hydroxyl groups is 3. The van der Waals surface area contributed by atoms with Gasteiger partial charge in [0.2, 0.25) is 0 Å². The lowest BCUT2D eigenvalue weighted by atomic mass is 9.43. The first-order valence-corrected chi connectivity index (χ1v) is 9.99. The lowest BCUT2D eigenvalue weighted by molar-refractivity contribution is -0.221. The molecule has 0 bridgehead atoms. The zero-order valence-electron chi connectivity index (χ0n) is 15.2. The minimum atomic E-state index is -0.684. The van der Waals surface area contributed by atoms with Crippen molar-refractivity contribution in [2.75, 3.05) is 0 Å². The van der Waals surface area contributed by atoms with Crippen LogP contribution in [0.5, 0.6) is 0 Å². The first-order valence-electron chi connectivity index (χ1n) is 9.99. The zero-order valence-corrected chi connectivity index (χ0v) is 15.2. The van der Waals surface area contributed by atoms with Crippen LogP contribution < -0.4 is 0 Å². The molecule has 0 aromatic rings. The molecule has 0 aliphatic heterocycles. The molecule has 0 saturated heterocycles. The third-order valence-electron chi connectivity index (χ3n) is 9.08. The van der Waals surface area contributed by atoms with E-state index in [1.165, 1.54) is 12.8 Å². The smallest absolute Gasteiger partial charge is 0.0836 e. The highest BCUT2D eigenvalue weighted by Gasteiger charge is 2.64. The van der Waals surface area contributed by atoms with Crippen LogP contribution in [-0.2, 0) is 0 Å². The summed E-state index contributed by atoms with van der Waals surface area (Å²) in [5.41, 5.74) is 0.303. The normalized spacial score (nSPS) is 60.0. The molecule has 10 atom stereocenters. The van der Waals surface area contributed by atoms with Gasteiger partial charge in [0.25, 0.3) is 0 Å². The maximum Gasteiger partial charge on any atom is 0.0836 e. The molecule has 4 fully saturated rings. The molecule has 4 unspecified atom stereocenters. The summed E-state index contributed by atoms with van der Waals surface area (Å²) in [6.45, 7) is 8.79. The molecule has 3 heteroatoms. The molecule has 0 amide bonds. The number of hydrogen-bond donors (Lipinski definition) is 3. The topological polar surface area (TPSA) is 60.7 Å². The molecule has 4 aliphatic rings. The van der Waals surface area contributed by atoms with Crippen LogP contribution in [0.2, 0.25) is 0 Å². The highest BCUT2D eigenvalue weighted by molar-refractivity contribution is 5.15. The monoisotopic (exact) mass is 334 g/mol. The maximum absolute atomic E-state index is 11.1. The van der Waals surface area contributed by atoms with Crippen molar-refractivity contribution >= 4 is 0 Å². The lowest BCUT2D eigenvalue weighted by Crippen LogP contribution is -2.64. The molecule has 0 aromatic carbocycles. The first kappa shape index (κ1) is 17.1. The van der Waals surface area contributed by atoms with Gasteiger partial charge in [-0.2, -0.15) is 0 Å². The van der Waals surface area contributed by atoms with Crippen molar-refractivity contribution in [2.45, 2.75) is 77.1 Å². The van der Waals surface area contributed by atoms with E-state index in [0.717, 1.165) is 25.7 Å². The summed E-state index contributed by atoms with van der Waals surface area (Å²) in [7, 11) is 0. The van der Waals surface area contributed by atoms with Crippen LogP contribution in [-0.4, -0.2) is 33.6 Å². The van der Waals surface area contributed by atoms with Crippen LogP contribution in [0.15, 0.2) is 12.7 Å². The van der Waals surface area contributed by atoms with E-state index in [4.69, 9.17) is 0 Å². The van der Waals surface area contributed by atoms with Crippen molar-refractivity contribution in [1.82, 2.24) is 0 Å². The fourth-order valence-corrected chi connectivity index (χ4v) is 7.67. The van der Waals surface area contributed by atoms with Gasteiger partial charge in [0.15, 0.2) is 0 Å². The molecule has 3 N–H and O–H groups in total. The van der Waals surface area contributed by atoms with E-state index >= 15 is 0 Å². The van der Waals surface area contributed by atoms with Gasteiger partial charge in [-0.05, 0) is 85.4 Å². The molecule has 0 spiro atoms. The van der Waals surface area contributed by atoms with Crippen molar-refractivity contribution in [3.8, 4) is 0 Å². The Morgan fingerprint density at radius 2 is 1.50 bits per heavy atom. The van der Waals surface area contributed by atoms with Gasteiger partial charge < -0.3 is 15.3 Å². The predicted molar refractivity (Wildman–Crippen MR) is 94.2 cm³/mol. The Kier molecular flexibility index (Phi) is 3.95. The van der Waals surface area contributed by atoms with Gasteiger partial charge in [0.05, 0.1) is 18.3 Å². The van der Waals surface area contributed by atoms with Crippen LogP contribution in [0.4, 0.5) is 0 Å². The molecular weight excluding hydrogens is 300 g/mol. The molecule has 0 heterocycles. The summed E-state index contributed by atoms with van der Waals surface area (Å²) in [5.74, 6) is 1.77. The predicted octanol–water partition coefficient (Wildman–Crippen LogP) is 3.13. The molecule has 4 rings (SSSR count). The second-order valence-corrected chi connectivity index (χ2v) is 9.78. The Labute approximate surface area is 146 Å². The fraction of sp³-hybridized carbons (Fsp3) is 0.905. The molecule has 0 aromatic heterocycles. The van der Waals surface area contributed by atoms with Gasteiger partial charge in [0, 0.05) is 0 Å². The summed E-state index contributed by atoms with van der Waals surface area (Å²) >= 11 is 0. The van der Waals surface area contributed by atoms with Crippen LogP contribution in [0, 0.1) is 40.4 Å². The number of fused-ring (bicyclic) bond motifs is 5. The number of hydrogen-bond acceptors (Lipinski definition) is 3. The molecule has 0 radical (unpaired) electrons. The second kappa shape index (κ2) is 5.56. The number of aliphatic hydroxyl groups excluding tert-OH is 3. The quantitative estimate of drug-likeness (QED) is 0.646. The maximum atomic E-state index is 11.1.